The quantitative estimate of drug-likeness (QED) is 0.417. The van der Waals surface area contributed by atoms with Gasteiger partial charge in [0.1, 0.15) is 11.5 Å². The number of amides is 2. The van der Waals surface area contributed by atoms with E-state index >= 15 is 0 Å². The number of halogens is 3. The molecule has 0 radical (unpaired) electrons. The van der Waals surface area contributed by atoms with E-state index < -0.39 is 18.4 Å². The number of rotatable bonds is 4. The largest absolute Gasteiger partial charge is 0.507 e. The number of hydrogen-bond donors (Lipinski definition) is 3. The monoisotopic (exact) mass is 438 g/mol. The van der Waals surface area contributed by atoms with Crippen LogP contribution in [0.3, 0.4) is 0 Å². The van der Waals surface area contributed by atoms with Crippen LogP contribution in [0.5, 0.6) is 11.5 Å². The van der Waals surface area contributed by atoms with E-state index in [0.717, 1.165) is 10.8 Å². The molecule has 144 valence electrons. The molecule has 0 aromatic heterocycles. The van der Waals surface area contributed by atoms with Gasteiger partial charge in [0.05, 0.1) is 20.6 Å². The molecule has 0 saturated carbocycles. The van der Waals surface area contributed by atoms with E-state index in [1.165, 1.54) is 24.3 Å². The lowest BCUT2D eigenvalue weighted by molar-refractivity contribution is -0.123. The van der Waals surface area contributed by atoms with E-state index in [1.54, 1.807) is 6.07 Å². The van der Waals surface area contributed by atoms with E-state index in [9.17, 15) is 14.7 Å². The van der Waals surface area contributed by atoms with Crippen LogP contribution in [0.4, 0.5) is 0 Å². The fourth-order valence-corrected chi connectivity index (χ4v) is 2.99. The third-order valence-corrected chi connectivity index (χ3v) is 4.78. The van der Waals surface area contributed by atoms with E-state index in [1.807, 2.05) is 18.2 Å². The summed E-state index contributed by atoms with van der Waals surface area (Å²) in [5.74, 6) is -1.35. The van der Waals surface area contributed by atoms with E-state index in [4.69, 9.17) is 39.5 Å². The molecule has 0 unspecified atom stereocenters. The van der Waals surface area contributed by atoms with Crippen LogP contribution in [0.25, 0.3) is 10.8 Å². The summed E-state index contributed by atoms with van der Waals surface area (Å²) in [4.78, 5) is 24.1. The fraction of sp³-hybridized carbons (Fsp3) is 0.0526. The van der Waals surface area contributed by atoms with Crippen molar-refractivity contribution < 1.29 is 19.4 Å². The van der Waals surface area contributed by atoms with Gasteiger partial charge in [0, 0.05) is 6.07 Å². The normalized spacial score (nSPS) is 10.5. The maximum absolute atomic E-state index is 12.2. The second-order valence-electron chi connectivity index (χ2n) is 5.70. The van der Waals surface area contributed by atoms with Gasteiger partial charge in [-0.1, -0.05) is 59.1 Å². The minimum absolute atomic E-state index is 0.0208. The second-order valence-corrected chi connectivity index (χ2v) is 6.93. The van der Waals surface area contributed by atoms with E-state index in [-0.39, 0.29) is 32.1 Å². The Morgan fingerprint density at radius 1 is 0.893 bits per heavy atom. The van der Waals surface area contributed by atoms with Crippen LogP contribution in [0, 0.1) is 0 Å². The van der Waals surface area contributed by atoms with Crippen molar-refractivity contribution in [2.75, 3.05) is 6.61 Å². The van der Waals surface area contributed by atoms with Gasteiger partial charge in [0.25, 0.3) is 11.8 Å². The Balaban J connectivity index is 1.59. The summed E-state index contributed by atoms with van der Waals surface area (Å²) in [6.07, 6.45) is 0. The Hall–Kier alpha value is -2.67. The first-order chi connectivity index (χ1) is 13.3. The maximum Gasteiger partial charge on any atom is 0.276 e. The molecule has 3 aromatic carbocycles. The van der Waals surface area contributed by atoms with Crippen molar-refractivity contribution >= 4 is 57.4 Å². The van der Waals surface area contributed by atoms with Crippen LogP contribution < -0.4 is 15.6 Å². The predicted octanol–water partition coefficient (Wildman–Crippen LogP) is 4.35. The van der Waals surface area contributed by atoms with Gasteiger partial charge in [-0.3, -0.25) is 20.4 Å². The molecule has 3 rings (SSSR count). The van der Waals surface area contributed by atoms with Crippen molar-refractivity contribution in [3.8, 4) is 11.5 Å². The Labute approximate surface area is 174 Å². The Kier molecular flexibility index (Phi) is 6.14. The van der Waals surface area contributed by atoms with Crippen molar-refractivity contribution in [2.24, 2.45) is 0 Å². The van der Waals surface area contributed by atoms with E-state index in [0.29, 0.717) is 0 Å². The number of carbonyl (C=O) groups is 2. The van der Waals surface area contributed by atoms with Crippen LogP contribution in [0.1, 0.15) is 10.4 Å². The Bertz CT molecular complexity index is 1070. The highest BCUT2D eigenvalue weighted by atomic mass is 35.5. The van der Waals surface area contributed by atoms with Crippen molar-refractivity contribution in [1.82, 2.24) is 10.9 Å². The maximum atomic E-state index is 12.2. The number of phenols is 1. The zero-order chi connectivity index (χ0) is 20.3. The summed E-state index contributed by atoms with van der Waals surface area (Å²) in [5.41, 5.74) is 4.43. The van der Waals surface area contributed by atoms with Crippen LogP contribution in [0.2, 0.25) is 15.1 Å². The molecular weight excluding hydrogens is 427 g/mol. The van der Waals surface area contributed by atoms with Crippen LogP contribution >= 0.6 is 34.8 Å². The average Bonchev–Trinajstić information content (AvgIpc) is 2.67. The SMILES string of the molecule is O=C(COc1cc(Cl)c(Cl)cc1Cl)NNC(=O)c1cc2ccccc2cc1O. The lowest BCUT2D eigenvalue weighted by Crippen LogP contribution is -2.43. The number of aromatic hydroxyl groups is 1. The average molecular weight is 440 g/mol. The first kappa shape index (κ1) is 20.1. The second kappa shape index (κ2) is 8.56. The van der Waals surface area contributed by atoms with Gasteiger partial charge < -0.3 is 9.84 Å². The van der Waals surface area contributed by atoms with Gasteiger partial charge in [0.2, 0.25) is 0 Å². The first-order valence-electron chi connectivity index (χ1n) is 7.93. The molecule has 0 aliphatic rings. The van der Waals surface area contributed by atoms with Gasteiger partial charge in [-0.2, -0.15) is 0 Å². The highest BCUT2D eigenvalue weighted by molar-refractivity contribution is 6.43. The number of fused-ring (bicyclic) bond motifs is 1. The minimum atomic E-state index is -0.677. The molecule has 0 bridgehead atoms. The first-order valence-corrected chi connectivity index (χ1v) is 9.07. The molecule has 0 atom stereocenters. The van der Waals surface area contributed by atoms with E-state index in [2.05, 4.69) is 10.9 Å². The molecule has 28 heavy (non-hydrogen) atoms. The zero-order valence-corrected chi connectivity index (χ0v) is 16.4. The standard InChI is InChI=1S/C19H13Cl3N2O4/c20-13-7-15(22)17(8-14(13)21)28-9-18(26)23-24-19(27)12-5-10-3-1-2-4-11(10)6-16(12)25/h1-8,25H,9H2,(H,23,26)(H,24,27). The van der Waals surface area contributed by atoms with Crippen LogP contribution in [0.15, 0.2) is 48.5 Å². The van der Waals surface area contributed by atoms with Crippen molar-refractivity contribution in [2.45, 2.75) is 0 Å². The number of phenolic OH excluding ortho intramolecular Hbond substituents is 1. The molecule has 3 aromatic rings. The topological polar surface area (TPSA) is 87.7 Å². The van der Waals surface area contributed by atoms with Crippen LogP contribution in [-0.4, -0.2) is 23.5 Å². The number of nitrogens with one attached hydrogen (secondary N) is 2. The summed E-state index contributed by atoms with van der Waals surface area (Å²) < 4.78 is 5.27. The molecule has 6 nitrogen and oxygen atoms in total. The number of ether oxygens (including phenoxy) is 1. The summed E-state index contributed by atoms with van der Waals surface area (Å²) >= 11 is 17.7. The zero-order valence-electron chi connectivity index (χ0n) is 14.1. The highest BCUT2D eigenvalue weighted by Gasteiger charge is 2.14. The van der Waals surface area contributed by atoms with Crippen molar-refractivity contribution in [3.05, 3.63) is 69.2 Å². The molecule has 2 amide bonds. The third kappa shape index (κ3) is 4.59. The fourth-order valence-electron chi connectivity index (χ4n) is 2.40. The molecule has 0 spiro atoms. The summed E-state index contributed by atoms with van der Waals surface area (Å²) in [7, 11) is 0. The molecule has 3 N–H and O–H groups in total. The molecule has 9 heteroatoms. The molecule has 0 aliphatic heterocycles. The number of benzene rings is 3. The molecule has 0 heterocycles. The van der Waals surface area contributed by atoms with Gasteiger partial charge in [-0.15, -0.1) is 0 Å². The smallest absolute Gasteiger partial charge is 0.276 e. The van der Waals surface area contributed by atoms with Gasteiger partial charge in [-0.25, -0.2) is 0 Å². The van der Waals surface area contributed by atoms with Crippen LogP contribution in [-0.2, 0) is 4.79 Å². The summed E-state index contributed by atoms with van der Waals surface area (Å²) in [6.45, 7) is -0.429. The molecule has 0 aliphatic carbocycles. The number of hydrazine groups is 1. The summed E-state index contributed by atoms with van der Waals surface area (Å²) in [5, 5.41) is 12.3. The van der Waals surface area contributed by atoms with Gasteiger partial charge in [-0.05, 0) is 29.0 Å². The minimum Gasteiger partial charge on any atom is -0.507 e. The lowest BCUT2D eigenvalue weighted by atomic mass is 10.1. The summed E-state index contributed by atoms with van der Waals surface area (Å²) in [6, 6.07) is 13.0. The van der Waals surface area contributed by atoms with Gasteiger partial charge >= 0.3 is 0 Å². The molecule has 0 fully saturated rings. The Morgan fingerprint density at radius 3 is 2.25 bits per heavy atom. The number of hydrogen-bond acceptors (Lipinski definition) is 4. The van der Waals surface area contributed by atoms with Crippen molar-refractivity contribution in [3.63, 3.8) is 0 Å². The molecule has 0 saturated heterocycles. The predicted molar refractivity (Wildman–Crippen MR) is 108 cm³/mol. The third-order valence-electron chi connectivity index (χ3n) is 3.76. The lowest BCUT2D eigenvalue weighted by Gasteiger charge is -2.11. The number of carbonyl (C=O) groups excluding carboxylic acids is 2. The molecular formula is C19H13Cl3N2O4. The van der Waals surface area contributed by atoms with Gasteiger partial charge in [0.15, 0.2) is 6.61 Å². The highest BCUT2D eigenvalue weighted by Crippen LogP contribution is 2.33. The Morgan fingerprint density at radius 2 is 1.54 bits per heavy atom. The van der Waals surface area contributed by atoms with Crippen molar-refractivity contribution in [1.29, 1.82) is 0 Å².